The smallest absolute Gasteiger partial charge is 0.137 e. The molecule has 5 nitrogen and oxygen atoms in total. The van der Waals surface area contributed by atoms with Crippen molar-refractivity contribution in [3.05, 3.63) is 48.5 Å². The summed E-state index contributed by atoms with van der Waals surface area (Å²) in [6.45, 7) is 5.89. The number of hydrogen-bond acceptors (Lipinski definition) is 4. The summed E-state index contributed by atoms with van der Waals surface area (Å²) in [5.74, 6) is 0. The van der Waals surface area contributed by atoms with E-state index in [-0.39, 0.29) is 6.10 Å². The van der Waals surface area contributed by atoms with Gasteiger partial charge in [-0.25, -0.2) is 4.98 Å². The van der Waals surface area contributed by atoms with Crippen molar-refractivity contribution < 1.29 is 4.74 Å². The van der Waals surface area contributed by atoms with E-state index in [0.29, 0.717) is 6.04 Å². The standard InChI is InChI=1S/C17H24N4O/c1-15(7-8-16-5-3-2-4-6-16)20-9-10-22-17(11-20)12-21-14-18-13-19-21/h2-6,13-15,17H,7-12H2,1H3/t15-,17+/m0/s1. The highest BCUT2D eigenvalue weighted by atomic mass is 16.5. The molecule has 0 radical (unpaired) electrons. The van der Waals surface area contributed by atoms with Gasteiger partial charge < -0.3 is 4.74 Å². The van der Waals surface area contributed by atoms with Gasteiger partial charge in [-0.05, 0) is 25.3 Å². The van der Waals surface area contributed by atoms with Gasteiger partial charge in [0.25, 0.3) is 0 Å². The van der Waals surface area contributed by atoms with Crippen molar-refractivity contribution >= 4 is 0 Å². The largest absolute Gasteiger partial charge is 0.374 e. The number of hydrogen-bond donors (Lipinski definition) is 0. The molecule has 1 aliphatic rings. The van der Waals surface area contributed by atoms with Crippen LogP contribution in [0.3, 0.4) is 0 Å². The highest BCUT2D eigenvalue weighted by Crippen LogP contribution is 2.14. The van der Waals surface area contributed by atoms with E-state index in [4.69, 9.17) is 4.74 Å². The molecular weight excluding hydrogens is 276 g/mol. The second kappa shape index (κ2) is 7.51. The van der Waals surface area contributed by atoms with Gasteiger partial charge in [0.15, 0.2) is 0 Å². The summed E-state index contributed by atoms with van der Waals surface area (Å²) < 4.78 is 7.71. The molecular formula is C17H24N4O. The molecule has 22 heavy (non-hydrogen) atoms. The van der Waals surface area contributed by atoms with Crippen LogP contribution in [0.5, 0.6) is 0 Å². The first kappa shape index (κ1) is 15.2. The van der Waals surface area contributed by atoms with E-state index in [0.717, 1.165) is 32.7 Å². The van der Waals surface area contributed by atoms with Crippen LogP contribution in [0.2, 0.25) is 0 Å². The number of ether oxygens (including phenoxy) is 1. The Bertz CT molecular complexity index is 543. The van der Waals surface area contributed by atoms with Gasteiger partial charge in [-0.15, -0.1) is 0 Å². The lowest BCUT2D eigenvalue weighted by Crippen LogP contribution is -2.48. The average molecular weight is 300 g/mol. The minimum absolute atomic E-state index is 0.203. The van der Waals surface area contributed by atoms with E-state index in [2.05, 4.69) is 52.2 Å². The third-order valence-corrected chi connectivity index (χ3v) is 4.34. The number of aryl methyl sites for hydroxylation is 1. The van der Waals surface area contributed by atoms with E-state index in [1.54, 1.807) is 12.7 Å². The highest BCUT2D eigenvalue weighted by molar-refractivity contribution is 5.14. The predicted molar refractivity (Wildman–Crippen MR) is 85.6 cm³/mol. The molecule has 0 bridgehead atoms. The molecule has 2 heterocycles. The third kappa shape index (κ3) is 4.15. The summed E-state index contributed by atoms with van der Waals surface area (Å²) in [6.07, 6.45) is 5.84. The maximum atomic E-state index is 5.86. The Balaban J connectivity index is 1.48. The summed E-state index contributed by atoms with van der Waals surface area (Å²) in [5.41, 5.74) is 1.42. The minimum Gasteiger partial charge on any atom is -0.374 e. The van der Waals surface area contributed by atoms with Crippen LogP contribution >= 0.6 is 0 Å². The average Bonchev–Trinajstić information content (AvgIpc) is 3.07. The summed E-state index contributed by atoms with van der Waals surface area (Å²) in [4.78, 5) is 6.52. The van der Waals surface area contributed by atoms with Crippen LogP contribution in [-0.2, 0) is 17.7 Å². The molecule has 1 aromatic carbocycles. The van der Waals surface area contributed by atoms with Crippen LogP contribution in [0.1, 0.15) is 18.9 Å². The van der Waals surface area contributed by atoms with Gasteiger partial charge in [-0.3, -0.25) is 9.58 Å². The van der Waals surface area contributed by atoms with Gasteiger partial charge in [0.1, 0.15) is 12.7 Å². The van der Waals surface area contributed by atoms with Gasteiger partial charge in [-0.1, -0.05) is 30.3 Å². The van der Waals surface area contributed by atoms with Crippen molar-refractivity contribution in [3.8, 4) is 0 Å². The molecule has 5 heteroatoms. The zero-order valence-corrected chi connectivity index (χ0v) is 13.1. The Labute approximate surface area is 131 Å². The lowest BCUT2D eigenvalue weighted by Gasteiger charge is -2.36. The Morgan fingerprint density at radius 3 is 2.95 bits per heavy atom. The van der Waals surface area contributed by atoms with Crippen LogP contribution in [0, 0.1) is 0 Å². The quantitative estimate of drug-likeness (QED) is 0.818. The molecule has 1 fully saturated rings. The van der Waals surface area contributed by atoms with Crippen LogP contribution in [0.25, 0.3) is 0 Å². The number of rotatable bonds is 6. The first-order valence-corrected chi connectivity index (χ1v) is 8.03. The van der Waals surface area contributed by atoms with Crippen molar-refractivity contribution in [2.45, 2.75) is 38.5 Å². The molecule has 0 spiro atoms. The molecule has 0 unspecified atom stereocenters. The summed E-state index contributed by atoms with van der Waals surface area (Å²) in [5, 5.41) is 4.16. The second-order valence-electron chi connectivity index (χ2n) is 5.98. The first-order valence-electron chi connectivity index (χ1n) is 8.03. The fourth-order valence-electron chi connectivity index (χ4n) is 2.99. The van der Waals surface area contributed by atoms with Gasteiger partial charge in [0.2, 0.25) is 0 Å². The van der Waals surface area contributed by atoms with Crippen LogP contribution < -0.4 is 0 Å². The zero-order chi connectivity index (χ0) is 15.2. The predicted octanol–water partition coefficient (Wildman–Crippen LogP) is 2.00. The maximum absolute atomic E-state index is 5.86. The lowest BCUT2D eigenvalue weighted by molar-refractivity contribution is -0.0500. The van der Waals surface area contributed by atoms with Crippen molar-refractivity contribution in [3.63, 3.8) is 0 Å². The minimum atomic E-state index is 0.203. The summed E-state index contributed by atoms with van der Waals surface area (Å²) in [6, 6.07) is 11.3. The number of nitrogens with zero attached hydrogens (tertiary/aromatic N) is 4. The van der Waals surface area contributed by atoms with Crippen LogP contribution in [0.4, 0.5) is 0 Å². The molecule has 1 aliphatic heterocycles. The van der Waals surface area contributed by atoms with E-state index >= 15 is 0 Å². The summed E-state index contributed by atoms with van der Waals surface area (Å²) >= 11 is 0. The maximum Gasteiger partial charge on any atom is 0.137 e. The first-order chi connectivity index (χ1) is 10.8. The molecule has 0 amide bonds. The highest BCUT2D eigenvalue weighted by Gasteiger charge is 2.24. The summed E-state index contributed by atoms with van der Waals surface area (Å²) in [7, 11) is 0. The van der Waals surface area contributed by atoms with Gasteiger partial charge >= 0.3 is 0 Å². The Hall–Kier alpha value is -1.72. The molecule has 2 atom stereocenters. The van der Waals surface area contributed by atoms with Crippen molar-refractivity contribution in [1.29, 1.82) is 0 Å². The van der Waals surface area contributed by atoms with Gasteiger partial charge in [0, 0.05) is 19.1 Å². The van der Waals surface area contributed by atoms with E-state index < -0.39 is 0 Å². The van der Waals surface area contributed by atoms with Gasteiger partial charge in [0.05, 0.1) is 19.3 Å². The molecule has 0 aliphatic carbocycles. The SMILES string of the molecule is C[C@@H](CCc1ccccc1)N1CCO[C@@H](Cn2cncn2)C1. The molecule has 1 aromatic heterocycles. The fraction of sp³-hybridized carbons (Fsp3) is 0.529. The van der Waals surface area contributed by atoms with Crippen molar-refractivity contribution in [1.82, 2.24) is 19.7 Å². The topological polar surface area (TPSA) is 43.2 Å². The van der Waals surface area contributed by atoms with Crippen LogP contribution in [-0.4, -0.2) is 51.5 Å². The monoisotopic (exact) mass is 300 g/mol. The molecule has 0 saturated carbocycles. The van der Waals surface area contributed by atoms with Crippen molar-refractivity contribution in [2.24, 2.45) is 0 Å². The van der Waals surface area contributed by atoms with Crippen molar-refractivity contribution in [2.75, 3.05) is 19.7 Å². The lowest BCUT2D eigenvalue weighted by atomic mass is 10.0. The van der Waals surface area contributed by atoms with Gasteiger partial charge in [-0.2, -0.15) is 5.10 Å². The van der Waals surface area contributed by atoms with E-state index in [9.17, 15) is 0 Å². The zero-order valence-electron chi connectivity index (χ0n) is 13.1. The van der Waals surface area contributed by atoms with E-state index in [1.165, 1.54) is 12.0 Å². The fourth-order valence-corrected chi connectivity index (χ4v) is 2.99. The molecule has 118 valence electrons. The molecule has 2 aromatic rings. The normalized spacial score (nSPS) is 20.9. The second-order valence-corrected chi connectivity index (χ2v) is 5.98. The molecule has 0 N–H and O–H groups in total. The molecule has 1 saturated heterocycles. The number of aromatic nitrogens is 3. The Kier molecular flexibility index (Phi) is 5.19. The Morgan fingerprint density at radius 2 is 2.18 bits per heavy atom. The molecule has 3 rings (SSSR count). The van der Waals surface area contributed by atoms with E-state index in [1.807, 2.05) is 4.68 Å². The number of morpholine rings is 1. The van der Waals surface area contributed by atoms with Crippen LogP contribution in [0.15, 0.2) is 43.0 Å². The number of benzene rings is 1. The Morgan fingerprint density at radius 1 is 1.32 bits per heavy atom. The third-order valence-electron chi connectivity index (χ3n) is 4.34.